The van der Waals surface area contributed by atoms with Gasteiger partial charge in [-0.05, 0) is 39.7 Å². The fraction of sp³-hybridized carbons (Fsp3) is 0.667. The lowest BCUT2D eigenvalue weighted by Crippen LogP contribution is -2.21. The molecule has 0 radical (unpaired) electrons. The van der Waals surface area contributed by atoms with E-state index in [0.717, 1.165) is 37.2 Å². The van der Waals surface area contributed by atoms with E-state index in [0.29, 0.717) is 6.61 Å². The monoisotopic (exact) mass is 223 g/mol. The summed E-state index contributed by atoms with van der Waals surface area (Å²) in [5, 5.41) is 12.1. The number of aliphatic hydroxyl groups excluding tert-OH is 1. The van der Waals surface area contributed by atoms with Crippen LogP contribution in [0.4, 0.5) is 0 Å². The molecule has 1 rings (SSSR count). The van der Waals surface area contributed by atoms with Gasteiger partial charge in [0.05, 0.1) is 11.4 Å². The zero-order valence-corrected chi connectivity index (χ0v) is 10.1. The molecule has 1 heterocycles. The number of aryl methyl sites for hydroxylation is 1. The molecule has 0 saturated carbocycles. The van der Waals surface area contributed by atoms with Crippen molar-refractivity contribution in [2.24, 2.45) is 0 Å². The topological polar surface area (TPSA) is 58.0 Å². The summed E-state index contributed by atoms with van der Waals surface area (Å²) in [6.07, 6.45) is 6.49. The minimum absolute atomic E-state index is 0.239. The van der Waals surface area contributed by atoms with Gasteiger partial charge in [-0.1, -0.05) is 0 Å². The molecule has 0 aliphatic rings. The first-order valence-corrected chi connectivity index (χ1v) is 5.87. The summed E-state index contributed by atoms with van der Waals surface area (Å²) in [6, 6.07) is 0.239. The third kappa shape index (κ3) is 4.24. The second kappa shape index (κ2) is 7.30. The quantitative estimate of drug-likeness (QED) is 0.689. The normalized spacial score (nSPS) is 12.7. The summed E-state index contributed by atoms with van der Waals surface area (Å²) in [5.74, 6) is 0. The van der Waals surface area contributed by atoms with Crippen LogP contribution in [0.25, 0.3) is 0 Å². The number of nitrogens with one attached hydrogen (secondary N) is 1. The Bertz CT molecular complexity index is 304. The Balaban J connectivity index is 2.30. The molecule has 0 aliphatic heterocycles. The van der Waals surface area contributed by atoms with Crippen molar-refractivity contribution in [2.45, 2.75) is 39.2 Å². The van der Waals surface area contributed by atoms with Gasteiger partial charge in [0.2, 0.25) is 0 Å². The smallest absolute Gasteiger partial charge is 0.0782 e. The Morgan fingerprint density at radius 1 is 1.25 bits per heavy atom. The van der Waals surface area contributed by atoms with Crippen LogP contribution in [-0.4, -0.2) is 28.2 Å². The highest BCUT2D eigenvalue weighted by atomic mass is 16.2. The number of hydrogen-bond donors (Lipinski definition) is 2. The van der Waals surface area contributed by atoms with Crippen LogP contribution < -0.4 is 5.32 Å². The maximum atomic E-state index is 8.65. The van der Waals surface area contributed by atoms with Crippen molar-refractivity contribution in [1.29, 1.82) is 0 Å². The zero-order valence-electron chi connectivity index (χ0n) is 10.1. The molecule has 90 valence electrons. The maximum Gasteiger partial charge on any atom is 0.0782 e. The SMILES string of the molecule is Cc1nccnc1C(C)NCCCCCO. The van der Waals surface area contributed by atoms with Gasteiger partial charge in [-0.2, -0.15) is 0 Å². The molecule has 1 atom stereocenters. The minimum atomic E-state index is 0.239. The summed E-state index contributed by atoms with van der Waals surface area (Å²) in [6.45, 7) is 5.32. The molecule has 0 saturated heterocycles. The Labute approximate surface area is 97.1 Å². The molecular formula is C12H21N3O. The van der Waals surface area contributed by atoms with Crippen molar-refractivity contribution < 1.29 is 5.11 Å². The summed E-state index contributed by atoms with van der Waals surface area (Å²) >= 11 is 0. The second-order valence-electron chi connectivity index (χ2n) is 3.99. The van der Waals surface area contributed by atoms with Crippen molar-refractivity contribution >= 4 is 0 Å². The number of hydrogen-bond acceptors (Lipinski definition) is 4. The summed E-state index contributed by atoms with van der Waals surface area (Å²) in [4.78, 5) is 8.55. The van der Waals surface area contributed by atoms with Crippen molar-refractivity contribution in [3.63, 3.8) is 0 Å². The van der Waals surface area contributed by atoms with Crippen molar-refractivity contribution in [3.8, 4) is 0 Å². The lowest BCUT2D eigenvalue weighted by atomic mass is 10.1. The van der Waals surface area contributed by atoms with E-state index in [9.17, 15) is 0 Å². The lowest BCUT2D eigenvalue weighted by molar-refractivity contribution is 0.282. The Kier molecular flexibility index (Phi) is 5.96. The van der Waals surface area contributed by atoms with Gasteiger partial charge in [0.15, 0.2) is 0 Å². The van der Waals surface area contributed by atoms with Crippen LogP contribution in [0.1, 0.15) is 43.6 Å². The van der Waals surface area contributed by atoms with Gasteiger partial charge >= 0.3 is 0 Å². The molecule has 0 aromatic carbocycles. The van der Waals surface area contributed by atoms with Crippen LogP contribution in [0.15, 0.2) is 12.4 Å². The average molecular weight is 223 g/mol. The van der Waals surface area contributed by atoms with Crippen LogP contribution >= 0.6 is 0 Å². The number of nitrogens with zero attached hydrogens (tertiary/aromatic N) is 2. The third-order valence-electron chi connectivity index (χ3n) is 2.61. The van der Waals surface area contributed by atoms with Gasteiger partial charge in [-0.3, -0.25) is 9.97 Å². The zero-order chi connectivity index (χ0) is 11.8. The highest BCUT2D eigenvalue weighted by Gasteiger charge is 2.08. The molecule has 1 aromatic rings. The molecule has 0 fully saturated rings. The maximum absolute atomic E-state index is 8.65. The fourth-order valence-corrected chi connectivity index (χ4v) is 1.67. The molecule has 0 bridgehead atoms. The Morgan fingerprint density at radius 3 is 2.69 bits per heavy atom. The molecule has 2 N–H and O–H groups in total. The van der Waals surface area contributed by atoms with E-state index in [1.54, 1.807) is 12.4 Å². The standard InChI is InChI=1S/C12H21N3O/c1-10(13-6-4-3-5-9-16)12-11(2)14-7-8-15-12/h7-8,10,13,16H,3-6,9H2,1-2H3. The number of aliphatic hydroxyl groups is 1. The van der Waals surface area contributed by atoms with Gasteiger partial charge in [-0.25, -0.2) is 0 Å². The number of rotatable bonds is 7. The molecule has 1 unspecified atom stereocenters. The van der Waals surface area contributed by atoms with Gasteiger partial charge in [0.1, 0.15) is 0 Å². The van der Waals surface area contributed by atoms with E-state index in [1.807, 2.05) is 6.92 Å². The highest BCUT2D eigenvalue weighted by molar-refractivity contribution is 5.12. The molecule has 1 aromatic heterocycles. The minimum Gasteiger partial charge on any atom is -0.396 e. The number of unbranched alkanes of at least 4 members (excludes halogenated alkanes) is 2. The lowest BCUT2D eigenvalue weighted by Gasteiger charge is -2.14. The van der Waals surface area contributed by atoms with Crippen LogP contribution in [0, 0.1) is 6.92 Å². The Morgan fingerprint density at radius 2 is 2.00 bits per heavy atom. The van der Waals surface area contributed by atoms with Crippen LogP contribution in [-0.2, 0) is 0 Å². The molecular weight excluding hydrogens is 202 g/mol. The van der Waals surface area contributed by atoms with Crippen LogP contribution in [0.3, 0.4) is 0 Å². The van der Waals surface area contributed by atoms with Crippen LogP contribution in [0.5, 0.6) is 0 Å². The van der Waals surface area contributed by atoms with E-state index in [2.05, 4.69) is 22.2 Å². The van der Waals surface area contributed by atoms with Gasteiger partial charge in [-0.15, -0.1) is 0 Å². The predicted octanol–water partition coefficient (Wildman–Crippen LogP) is 1.60. The summed E-state index contributed by atoms with van der Waals surface area (Å²) in [5.41, 5.74) is 2.00. The van der Waals surface area contributed by atoms with Crippen molar-refractivity contribution in [1.82, 2.24) is 15.3 Å². The first-order valence-electron chi connectivity index (χ1n) is 5.87. The molecule has 4 heteroatoms. The summed E-state index contributed by atoms with van der Waals surface area (Å²) < 4.78 is 0. The molecule has 4 nitrogen and oxygen atoms in total. The first kappa shape index (κ1) is 13.1. The molecule has 16 heavy (non-hydrogen) atoms. The van der Waals surface area contributed by atoms with Crippen LogP contribution in [0.2, 0.25) is 0 Å². The van der Waals surface area contributed by atoms with Crippen molar-refractivity contribution in [3.05, 3.63) is 23.8 Å². The second-order valence-corrected chi connectivity index (χ2v) is 3.99. The predicted molar refractivity (Wildman–Crippen MR) is 64.1 cm³/mol. The first-order chi connectivity index (χ1) is 7.75. The van der Waals surface area contributed by atoms with E-state index >= 15 is 0 Å². The van der Waals surface area contributed by atoms with E-state index in [-0.39, 0.29) is 6.04 Å². The Hall–Kier alpha value is -1.00. The van der Waals surface area contributed by atoms with E-state index < -0.39 is 0 Å². The van der Waals surface area contributed by atoms with Gasteiger partial charge in [0.25, 0.3) is 0 Å². The van der Waals surface area contributed by atoms with E-state index in [4.69, 9.17) is 5.11 Å². The molecule has 0 amide bonds. The number of aromatic nitrogens is 2. The largest absolute Gasteiger partial charge is 0.396 e. The molecule has 0 aliphatic carbocycles. The van der Waals surface area contributed by atoms with Gasteiger partial charge in [0, 0.05) is 25.0 Å². The summed E-state index contributed by atoms with van der Waals surface area (Å²) in [7, 11) is 0. The third-order valence-corrected chi connectivity index (χ3v) is 2.61. The van der Waals surface area contributed by atoms with E-state index in [1.165, 1.54) is 0 Å². The fourth-order valence-electron chi connectivity index (χ4n) is 1.67. The highest BCUT2D eigenvalue weighted by Crippen LogP contribution is 2.11. The van der Waals surface area contributed by atoms with Gasteiger partial charge < -0.3 is 10.4 Å². The van der Waals surface area contributed by atoms with Crippen molar-refractivity contribution in [2.75, 3.05) is 13.2 Å². The average Bonchev–Trinajstić information content (AvgIpc) is 2.29. The molecule has 0 spiro atoms.